The average Bonchev–Trinajstić information content (AvgIpc) is 2.74. The van der Waals surface area contributed by atoms with Crippen LogP contribution in [-0.4, -0.2) is 47.2 Å². The number of benzene rings is 2. The van der Waals surface area contributed by atoms with Crippen molar-refractivity contribution in [3.05, 3.63) is 45.0 Å². The fraction of sp³-hybridized carbons (Fsp3) is 0.300. The van der Waals surface area contributed by atoms with Crippen LogP contribution in [0.1, 0.15) is 11.1 Å². The van der Waals surface area contributed by atoms with Crippen LogP contribution in [0.5, 0.6) is 23.0 Å². The quantitative estimate of drug-likeness (QED) is 0.226. The summed E-state index contributed by atoms with van der Waals surface area (Å²) in [5.41, 5.74) is 4.81. The monoisotopic (exact) mass is 514 g/mol. The van der Waals surface area contributed by atoms with Crippen molar-refractivity contribution in [1.82, 2.24) is 5.43 Å². The van der Waals surface area contributed by atoms with Crippen molar-refractivity contribution in [2.24, 2.45) is 5.10 Å². The van der Waals surface area contributed by atoms with E-state index in [0.717, 1.165) is 14.7 Å². The number of nitrogens with one attached hydrogen (secondary N) is 1. The average molecular weight is 514 g/mol. The second-order valence-corrected chi connectivity index (χ2v) is 6.84. The first-order valence-corrected chi connectivity index (χ1v) is 9.64. The van der Waals surface area contributed by atoms with E-state index in [9.17, 15) is 4.79 Å². The molecule has 0 spiro atoms. The number of carbonyl (C=O) groups is 1. The number of hydrogen-bond donors (Lipinski definition) is 1. The summed E-state index contributed by atoms with van der Waals surface area (Å²) in [6, 6.07) is 9.32. The summed E-state index contributed by atoms with van der Waals surface area (Å²) < 4.78 is 26.8. The molecule has 0 saturated carbocycles. The van der Waals surface area contributed by atoms with Gasteiger partial charge in [0.2, 0.25) is 0 Å². The second-order valence-electron chi connectivity index (χ2n) is 5.68. The Balaban J connectivity index is 2.03. The molecule has 0 aliphatic rings. The first kappa shape index (κ1) is 22.6. The minimum atomic E-state index is -0.465. The van der Waals surface area contributed by atoms with E-state index in [0.29, 0.717) is 29.5 Å². The molecule has 0 fully saturated rings. The molecule has 8 nitrogen and oxygen atoms in total. The van der Waals surface area contributed by atoms with Gasteiger partial charge < -0.3 is 29.1 Å². The van der Waals surface area contributed by atoms with Crippen molar-refractivity contribution in [3.63, 3.8) is 0 Å². The molecule has 2 rings (SSSR count). The van der Waals surface area contributed by atoms with Crippen molar-refractivity contribution in [1.29, 1.82) is 0 Å². The fourth-order valence-corrected chi connectivity index (χ4v) is 3.17. The molecule has 0 saturated heterocycles. The normalized spacial score (nSPS) is 10.5. The molecule has 0 heterocycles. The van der Waals surface area contributed by atoms with Gasteiger partial charge in [-0.1, -0.05) is 6.07 Å². The van der Waals surface area contributed by atoms with Crippen LogP contribution in [-0.2, 0) is 16.1 Å². The highest BCUT2D eigenvalue weighted by Gasteiger charge is 2.13. The molecule has 2 aromatic rings. The van der Waals surface area contributed by atoms with E-state index in [-0.39, 0.29) is 6.61 Å². The highest BCUT2D eigenvalue weighted by atomic mass is 127. The van der Waals surface area contributed by atoms with E-state index >= 15 is 0 Å². The lowest BCUT2D eigenvalue weighted by Gasteiger charge is -2.12. The lowest BCUT2D eigenvalue weighted by Crippen LogP contribution is -2.13. The highest BCUT2D eigenvalue weighted by Crippen LogP contribution is 2.33. The van der Waals surface area contributed by atoms with E-state index in [1.165, 1.54) is 14.2 Å². The Hall–Kier alpha value is -2.69. The number of hydrogen-bond acceptors (Lipinski definition) is 8. The zero-order valence-electron chi connectivity index (χ0n) is 16.7. The predicted molar refractivity (Wildman–Crippen MR) is 117 cm³/mol. The second kappa shape index (κ2) is 11.3. The topological polar surface area (TPSA) is 87.6 Å². The van der Waals surface area contributed by atoms with E-state index in [1.807, 2.05) is 24.3 Å². The van der Waals surface area contributed by atoms with Crippen LogP contribution in [0.4, 0.5) is 0 Å². The van der Waals surface area contributed by atoms with Gasteiger partial charge in [-0.3, -0.25) is 0 Å². The Morgan fingerprint density at radius 2 is 1.76 bits per heavy atom. The summed E-state index contributed by atoms with van der Waals surface area (Å²) in [5.74, 6) is 1.86. The molecule has 0 atom stereocenters. The standard InChI is InChI=1S/C20H23IN2O6/c1-25-16-6-5-13(8-17(16)26-2)10-22-23-11-14-7-15(21)20(18(9-14)27-3)29-12-19(24)28-4/h5-9,11,22H,10,12H2,1-4H3/b23-11-. The maximum Gasteiger partial charge on any atom is 0.343 e. The van der Waals surface area contributed by atoms with Gasteiger partial charge in [0.25, 0.3) is 0 Å². The molecule has 29 heavy (non-hydrogen) atoms. The van der Waals surface area contributed by atoms with Crippen LogP contribution in [0.2, 0.25) is 0 Å². The highest BCUT2D eigenvalue weighted by molar-refractivity contribution is 14.1. The van der Waals surface area contributed by atoms with E-state index in [2.05, 4.69) is 37.9 Å². The molecular formula is C20H23IN2O6. The number of halogens is 1. The number of ether oxygens (including phenoxy) is 5. The molecular weight excluding hydrogens is 491 g/mol. The van der Waals surface area contributed by atoms with Gasteiger partial charge in [0.15, 0.2) is 29.6 Å². The fourth-order valence-electron chi connectivity index (χ4n) is 2.39. The van der Waals surface area contributed by atoms with Crippen LogP contribution >= 0.6 is 22.6 Å². The van der Waals surface area contributed by atoms with Gasteiger partial charge >= 0.3 is 5.97 Å². The largest absolute Gasteiger partial charge is 0.493 e. The summed E-state index contributed by atoms with van der Waals surface area (Å²) >= 11 is 2.11. The third-order valence-electron chi connectivity index (χ3n) is 3.85. The van der Waals surface area contributed by atoms with Crippen molar-refractivity contribution < 1.29 is 28.5 Å². The minimum Gasteiger partial charge on any atom is -0.493 e. The van der Waals surface area contributed by atoms with Crippen LogP contribution in [0.25, 0.3) is 0 Å². The zero-order valence-corrected chi connectivity index (χ0v) is 18.8. The number of rotatable bonds is 10. The van der Waals surface area contributed by atoms with Gasteiger partial charge in [-0.25, -0.2) is 4.79 Å². The van der Waals surface area contributed by atoms with Gasteiger partial charge in [-0.05, 0) is 58.0 Å². The van der Waals surface area contributed by atoms with Gasteiger partial charge in [-0.15, -0.1) is 0 Å². The van der Waals surface area contributed by atoms with Crippen molar-refractivity contribution in [2.45, 2.75) is 6.54 Å². The Labute approximate surface area is 183 Å². The number of hydrazone groups is 1. The van der Waals surface area contributed by atoms with E-state index < -0.39 is 5.97 Å². The lowest BCUT2D eigenvalue weighted by molar-refractivity contribution is -0.142. The van der Waals surface area contributed by atoms with Gasteiger partial charge in [0.05, 0.1) is 44.8 Å². The molecule has 0 bridgehead atoms. The predicted octanol–water partition coefficient (Wildman–Crippen LogP) is 2.99. The Bertz CT molecular complexity index is 872. The van der Waals surface area contributed by atoms with Gasteiger partial charge in [-0.2, -0.15) is 5.10 Å². The third-order valence-corrected chi connectivity index (χ3v) is 4.65. The minimum absolute atomic E-state index is 0.191. The van der Waals surface area contributed by atoms with Gasteiger partial charge in [0, 0.05) is 0 Å². The Morgan fingerprint density at radius 3 is 2.41 bits per heavy atom. The maximum absolute atomic E-state index is 11.3. The van der Waals surface area contributed by atoms with E-state index in [1.54, 1.807) is 26.5 Å². The molecule has 0 radical (unpaired) electrons. The first-order chi connectivity index (χ1) is 14.0. The summed E-state index contributed by atoms with van der Waals surface area (Å²) in [5, 5.41) is 4.25. The maximum atomic E-state index is 11.3. The van der Waals surface area contributed by atoms with Crippen molar-refractivity contribution >= 4 is 34.8 Å². The van der Waals surface area contributed by atoms with Crippen LogP contribution < -0.4 is 24.4 Å². The molecule has 0 aliphatic carbocycles. The molecule has 1 N–H and O–H groups in total. The molecule has 156 valence electrons. The Morgan fingerprint density at radius 1 is 1.03 bits per heavy atom. The summed E-state index contributed by atoms with van der Waals surface area (Å²) in [4.78, 5) is 11.3. The van der Waals surface area contributed by atoms with Crippen molar-refractivity contribution in [3.8, 4) is 23.0 Å². The lowest BCUT2D eigenvalue weighted by atomic mass is 10.2. The number of esters is 1. The van der Waals surface area contributed by atoms with Crippen LogP contribution in [0.3, 0.4) is 0 Å². The molecule has 0 aromatic heterocycles. The first-order valence-electron chi connectivity index (χ1n) is 8.56. The van der Waals surface area contributed by atoms with E-state index in [4.69, 9.17) is 18.9 Å². The smallest absolute Gasteiger partial charge is 0.343 e. The molecule has 0 aliphatic heterocycles. The zero-order chi connectivity index (χ0) is 21.2. The van der Waals surface area contributed by atoms with Gasteiger partial charge in [0.1, 0.15) is 0 Å². The van der Waals surface area contributed by atoms with Crippen molar-refractivity contribution in [2.75, 3.05) is 35.0 Å². The number of carbonyl (C=O) groups excluding carboxylic acids is 1. The molecule has 2 aromatic carbocycles. The SMILES string of the molecule is COC(=O)COc1c(I)cc(/C=N\NCc2ccc(OC)c(OC)c2)cc1OC. The molecule has 0 amide bonds. The summed E-state index contributed by atoms with van der Waals surface area (Å²) in [7, 11) is 6.04. The summed E-state index contributed by atoms with van der Waals surface area (Å²) in [6.07, 6.45) is 1.68. The summed E-state index contributed by atoms with van der Waals surface area (Å²) in [6.45, 7) is 0.328. The van der Waals surface area contributed by atoms with Crippen LogP contribution in [0.15, 0.2) is 35.4 Å². The van der Waals surface area contributed by atoms with Crippen LogP contribution in [0, 0.1) is 3.57 Å². The Kier molecular flexibility index (Phi) is 8.84. The third kappa shape index (κ3) is 6.41. The number of methoxy groups -OCH3 is 4. The number of nitrogens with zero attached hydrogens (tertiary/aromatic N) is 1. The molecule has 9 heteroatoms. The molecule has 0 unspecified atom stereocenters.